The Balaban J connectivity index is 2.04. The van der Waals surface area contributed by atoms with E-state index in [4.69, 9.17) is 4.74 Å². The summed E-state index contributed by atoms with van der Waals surface area (Å²) in [4.78, 5) is 11.7. The van der Waals surface area contributed by atoms with Gasteiger partial charge in [0.2, 0.25) is 0 Å². The average molecular weight is 236 g/mol. The van der Waals surface area contributed by atoms with Crippen molar-refractivity contribution in [1.82, 2.24) is 0 Å². The second-order valence-corrected chi connectivity index (χ2v) is 6.36. The molecular formula is C15H24O2. The maximum atomic E-state index is 11.7. The maximum absolute atomic E-state index is 11.7. The summed E-state index contributed by atoms with van der Waals surface area (Å²) in [6, 6.07) is 0. The van der Waals surface area contributed by atoms with Crippen molar-refractivity contribution in [3.63, 3.8) is 0 Å². The third kappa shape index (κ3) is 2.72. The van der Waals surface area contributed by atoms with Crippen molar-refractivity contribution in [2.24, 2.45) is 5.41 Å². The number of carbonyl (C=O) groups excluding carboxylic acids is 1. The highest BCUT2D eigenvalue weighted by atomic mass is 16.6. The number of esters is 1. The summed E-state index contributed by atoms with van der Waals surface area (Å²) in [7, 11) is 0. The molecule has 0 aromatic rings. The molecule has 2 nitrogen and oxygen atoms in total. The van der Waals surface area contributed by atoms with E-state index >= 15 is 0 Å². The van der Waals surface area contributed by atoms with E-state index in [2.05, 4.69) is 13.5 Å². The van der Waals surface area contributed by atoms with Crippen molar-refractivity contribution in [3.8, 4) is 0 Å². The Morgan fingerprint density at radius 3 is 2.29 bits per heavy atom. The van der Waals surface area contributed by atoms with Crippen LogP contribution in [0.2, 0.25) is 0 Å². The van der Waals surface area contributed by atoms with Gasteiger partial charge in [-0.15, -0.1) is 0 Å². The van der Waals surface area contributed by atoms with Crippen LogP contribution in [0.15, 0.2) is 12.2 Å². The fourth-order valence-electron chi connectivity index (χ4n) is 3.76. The summed E-state index contributed by atoms with van der Waals surface area (Å²) in [5.74, 6) is -0.220. The largest absolute Gasteiger partial charge is 0.456 e. The molecule has 1 atom stereocenters. The van der Waals surface area contributed by atoms with E-state index in [9.17, 15) is 4.79 Å². The molecule has 0 aliphatic heterocycles. The summed E-state index contributed by atoms with van der Waals surface area (Å²) in [5, 5.41) is 0. The summed E-state index contributed by atoms with van der Waals surface area (Å²) < 4.78 is 5.69. The Morgan fingerprint density at radius 1 is 1.12 bits per heavy atom. The zero-order chi connectivity index (χ0) is 12.5. The Hall–Kier alpha value is -0.790. The first-order chi connectivity index (χ1) is 7.95. The van der Waals surface area contributed by atoms with Gasteiger partial charge < -0.3 is 4.74 Å². The van der Waals surface area contributed by atoms with Gasteiger partial charge in [0.05, 0.1) is 0 Å². The predicted molar refractivity (Wildman–Crippen MR) is 68.7 cm³/mol. The van der Waals surface area contributed by atoms with E-state index in [0.29, 0.717) is 11.0 Å². The minimum absolute atomic E-state index is 0.220. The zero-order valence-electron chi connectivity index (χ0n) is 11.2. The van der Waals surface area contributed by atoms with Gasteiger partial charge in [-0.1, -0.05) is 19.4 Å². The first-order valence-electron chi connectivity index (χ1n) is 6.84. The van der Waals surface area contributed by atoms with E-state index in [1.807, 2.05) is 0 Å². The number of rotatable bonds is 2. The first kappa shape index (κ1) is 12.7. The van der Waals surface area contributed by atoms with Gasteiger partial charge >= 0.3 is 5.97 Å². The van der Waals surface area contributed by atoms with Gasteiger partial charge in [0, 0.05) is 5.57 Å². The van der Waals surface area contributed by atoms with E-state index in [-0.39, 0.29) is 11.6 Å². The zero-order valence-corrected chi connectivity index (χ0v) is 11.2. The summed E-state index contributed by atoms with van der Waals surface area (Å²) in [5.41, 5.74) is 0.735. The van der Waals surface area contributed by atoms with Crippen LogP contribution in [0.1, 0.15) is 65.2 Å². The lowest BCUT2D eigenvalue weighted by Gasteiger charge is -2.44. The molecule has 2 fully saturated rings. The lowest BCUT2D eigenvalue weighted by Crippen LogP contribution is -2.41. The van der Waals surface area contributed by atoms with Gasteiger partial charge in [0.1, 0.15) is 5.60 Å². The molecule has 2 heteroatoms. The second kappa shape index (κ2) is 4.47. The number of hydrogen-bond donors (Lipinski definition) is 0. The van der Waals surface area contributed by atoms with Crippen LogP contribution >= 0.6 is 0 Å². The molecule has 0 radical (unpaired) electrons. The van der Waals surface area contributed by atoms with Crippen LogP contribution in [0.4, 0.5) is 0 Å². The Morgan fingerprint density at radius 2 is 1.71 bits per heavy atom. The van der Waals surface area contributed by atoms with Crippen molar-refractivity contribution in [3.05, 3.63) is 12.2 Å². The highest BCUT2D eigenvalue weighted by molar-refractivity contribution is 5.87. The fraction of sp³-hybridized carbons (Fsp3) is 0.800. The molecular weight excluding hydrogens is 212 g/mol. The standard InChI is InChI=1S/C15H24O2/c1-12(2)13(16)17-14(3)7-6-10-15(11-14)8-4-5-9-15/h1,4-11H2,2-3H3. The molecule has 2 aliphatic carbocycles. The smallest absolute Gasteiger partial charge is 0.333 e. The Bertz CT molecular complexity index is 326. The number of ether oxygens (including phenoxy) is 1. The van der Waals surface area contributed by atoms with Crippen LogP contribution < -0.4 is 0 Å². The van der Waals surface area contributed by atoms with Crippen molar-refractivity contribution >= 4 is 5.97 Å². The molecule has 17 heavy (non-hydrogen) atoms. The molecule has 96 valence electrons. The average Bonchev–Trinajstić information content (AvgIpc) is 2.65. The molecule has 1 spiro atoms. The van der Waals surface area contributed by atoms with Gasteiger partial charge in [-0.3, -0.25) is 0 Å². The summed E-state index contributed by atoms with van der Waals surface area (Å²) >= 11 is 0. The minimum atomic E-state index is -0.251. The van der Waals surface area contributed by atoms with Gasteiger partial charge in [-0.2, -0.15) is 0 Å². The maximum Gasteiger partial charge on any atom is 0.333 e. The van der Waals surface area contributed by atoms with Crippen LogP contribution in [0.25, 0.3) is 0 Å². The minimum Gasteiger partial charge on any atom is -0.456 e. The summed E-state index contributed by atoms with van der Waals surface area (Å²) in [6.07, 6.45) is 9.94. The number of hydrogen-bond acceptors (Lipinski definition) is 2. The van der Waals surface area contributed by atoms with Crippen LogP contribution in [0, 0.1) is 5.41 Å². The van der Waals surface area contributed by atoms with Gasteiger partial charge in [0.15, 0.2) is 0 Å². The normalized spacial score (nSPS) is 31.4. The van der Waals surface area contributed by atoms with Crippen LogP contribution in [-0.2, 0) is 9.53 Å². The molecule has 0 aromatic carbocycles. The molecule has 0 aromatic heterocycles. The van der Waals surface area contributed by atoms with Crippen molar-refractivity contribution in [2.45, 2.75) is 70.8 Å². The first-order valence-corrected chi connectivity index (χ1v) is 6.84. The molecule has 0 amide bonds. The van der Waals surface area contributed by atoms with Crippen LogP contribution in [0.5, 0.6) is 0 Å². The quantitative estimate of drug-likeness (QED) is 0.535. The second-order valence-electron chi connectivity index (χ2n) is 6.36. The highest BCUT2D eigenvalue weighted by Gasteiger charge is 2.45. The molecule has 0 saturated heterocycles. The SMILES string of the molecule is C=C(C)C(=O)OC1(C)CCCC2(CCCC2)C1. The van der Waals surface area contributed by atoms with Gasteiger partial charge in [-0.25, -0.2) is 4.79 Å². The van der Waals surface area contributed by atoms with Crippen molar-refractivity contribution in [2.75, 3.05) is 0 Å². The number of carbonyl (C=O) groups is 1. The van der Waals surface area contributed by atoms with Crippen LogP contribution in [0.3, 0.4) is 0 Å². The predicted octanol–water partition coefficient (Wildman–Crippen LogP) is 4.00. The fourth-order valence-corrected chi connectivity index (χ4v) is 3.76. The molecule has 2 aliphatic rings. The molecule has 1 unspecified atom stereocenters. The topological polar surface area (TPSA) is 26.3 Å². The van der Waals surface area contributed by atoms with Gasteiger partial charge in [-0.05, 0) is 57.8 Å². The lowest BCUT2D eigenvalue weighted by molar-refractivity contribution is -0.160. The van der Waals surface area contributed by atoms with Crippen molar-refractivity contribution < 1.29 is 9.53 Å². The third-order valence-corrected chi connectivity index (χ3v) is 4.51. The molecule has 0 heterocycles. The Labute approximate surface area is 104 Å². The highest BCUT2D eigenvalue weighted by Crippen LogP contribution is 2.52. The summed E-state index contributed by atoms with van der Waals surface area (Å²) in [6.45, 7) is 7.49. The molecule has 0 N–H and O–H groups in total. The lowest BCUT2D eigenvalue weighted by atomic mass is 9.67. The van der Waals surface area contributed by atoms with E-state index in [1.165, 1.54) is 38.5 Å². The third-order valence-electron chi connectivity index (χ3n) is 4.51. The molecule has 2 rings (SSSR count). The van der Waals surface area contributed by atoms with E-state index in [1.54, 1.807) is 6.92 Å². The monoisotopic (exact) mass is 236 g/mol. The van der Waals surface area contributed by atoms with Crippen molar-refractivity contribution in [1.29, 1.82) is 0 Å². The van der Waals surface area contributed by atoms with Gasteiger partial charge in [0.25, 0.3) is 0 Å². The van der Waals surface area contributed by atoms with Crippen LogP contribution in [-0.4, -0.2) is 11.6 Å². The molecule has 2 saturated carbocycles. The Kier molecular flexibility index (Phi) is 3.33. The van der Waals surface area contributed by atoms with E-state index < -0.39 is 0 Å². The van der Waals surface area contributed by atoms with E-state index in [0.717, 1.165) is 12.8 Å². The molecule has 0 bridgehead atoms.